The van der Waals surface area contributed by atoms with Gasteiger partial charge in [0.05, 0.1) is 20.1 Å². The first-order chi connectivity index (χ1) is 13.0. The van der Waals surface area contributed by atoms with Crippen LogP contribution >= 0.6 is 0 Å². The molecule has 0 unspecified atom stereocenters. The van der Waals surface area contributed by atoms with Crippen LogP contribution in [-0.4, -0.2) is 25.5 Å². The smallest absolute Gasteiger partial charge is 0.262 e. The Morgan fingerprint density at radius 2 is 1.81 bits per heavy atom. The van der Waals surface area contributed by atoms with E-state index in [2.05, 4.69) is 10.9 Å². The van der Waals surface area contributed by atoms with Gasteiger partial charge in [0.25, 0.3) is 5.91 Å². The number of benzene rings is 2. The normalized spacial score (nSPS) is 10.5. The fourth-order valence-electron chi connectivity index (χ4n) is 2.24. The van der Waals surface area contributed by atoms with Crippen LogP contribution in [0.2, 0.25) is 0 Å². The molecule has 0 spiro atoms. The highest BCUT2D eigenvalue weighted by atomic mass is 19.1. The molecule has 0 radical (unpaired) electrons. The topological polar surface area (TPSA) is 76.7 Å². The van der Waals surface area contributed by atoms with E-state index in [-0.39, 0.29) is 12.2 Å². The van der Waals surface area contributed by atoms with Crippen LogP contribution in [0, 0.1) is 5.82 Å². The zero-order valence-electron chi connectivity index (χ0n) is 15.1. The average Bonchev–Trinajstić information content (AvgIpc) is 2.67. The Morgan fingerprint density at radius 1 is 1.07 bits per heavy atom. The average molecular weight is 372 g/mol. The quantitative estimate of drug-likeness (QED) is 0.579. The first-order valence-electron chi connectivity index (χ1n) is 8.34. The van der Waals surface area contributed by atoms with Gasteiger partial charge in [0.2, 0.25) is 5.91 Å². The fraction of sp³-hybridized carbons (Fsp3) is 0.200. The Morgan fingerprint density at radius 3 is 2.48 bits per heavy atom. The van der Waals surface area contributed by atoms with Crippen LogP contribution in [0.1, 0.15) is 18.1 Å². The molecule has 0 aromatic heterocycles. The summed E-state index contributed by atoms with van der Waals surface area (Å²) in [4.78, 5) is 23.6. The summed E-state index contributed by atoms with van der Waals surface area (Å²) in [7, 11) is 1.55. The lowest BCUT2D eigenvalue weighted by atomic mass is 10.1. The Hall–Kier alpha value is -3.35. The van der Waals surface area contributed by atoms with E-state index in [1.807, 2.05) is 6.92 Å². The summed E-state index contributed by atoms with van der Waals surface area (Å²) < 4.78 is 23.5. The molecule has 2 aromatic rings. The molecule has 142 valence electrons. The molecule has 0 aliphatic heterocycles. The number of rotatable bonds is 7. The van der Waals surface area contributed by atoms with E-state index in [4.69, 9.17) is 9.47 Å². The zero-order chi connectivity index (χ0) is 19.6. The molecule has 7 heteroatoms. The van der Waals surface area contributed by atoms with Crippen LogP contribution in [0.3, 0.4) is 0 Å². The summed E-state index contributed by atoms with van der Waals surface area (Å²) in [6, 6.07) is 10.8. The second-order valence-corrected chi connectivity index (χ2v) is 5.52. The molecule has 0 saturated carbocycles. The highest BCUT2D eigenvalue weighted by Gasteiger charge is 2.06. The third kappa shape index (κ3) is 6.47. The molecule has 0 saturated heterocycles. The van der Waals surface area contributed by atoms with Crippen molar-refractivity contribution in [2.45, 2.75) is 13.3 Å². The van der Waals surface area contributed by atoms with E-state index in [0.717, 1.165) is 5.56 Å². The molecule has 2 N–H and O–H groups in total. The van der Waals surface area contributed by atoms with E-state index in [1.54, 1.807) is 31.4 Å². The molecule has 2 rings (SSSR count). The lowest BCUT2D eigenvalue weighted by Crippen LogP contribution is -2.41. The highest BCUT2D eigenvalue weighted by Crippen LogP contribution is 2.28. The monoisotopic (exact) mass is 372 g/mol. The molecular formula is C20H21FN2O4. The van der Waals surface area contributed by atoms with E-state index in [0.29, 0.717) is 23.7 Å². The zero-order valence-corrected chi connectivity index (χ0v) is 15.1. The minimum Gasteiger partial charge on any atom is -0.493 e. The maximum absolute atomic E-state index is 12.8. The molecule has 0 atom stereocenters. The van der Waals surface area contributed by atoms with Crippen molar-refractivity contribution in [2.24, 2.45) is 0 Å². The number of carbonyl (C=O) groups excluding carboxylic acids is 2. The van der Waals surface area contributed by atoms with Crippen LogP contribution < -0.4 is 20.3 Å². The van der Waals surface area contributed by atoms with Crippen LogP contribution in [-0.2, 0) is 16.0 Å². The number of methoxy groups -OCH3 is 1. The van der Waals surface area contributed by atoms with Crippen LogP contribution in [0.5, 0.6) is 11.5 Å². The maximum atomic E-state index is 12.8. The summed E-state index contributed by atoms with van der Waals surface area (Å²) in [6.07, 6.45) is 2.90. The Balaban J connectivity index is 1.86. The van der Waals surface area contributed by atoms with E-state index in [1.165, 1.54) is 30.3 Å². The van der Waals surface area contributed by atoms with Crippen molar-refractivity contribution in [3.63, 3.8) is 0 Å². The Labute approximate surface area is 157 Å². The number of hydrogen-bond donors (Lipinski definition) is 2. The minimum absolute atomic E-state index is 0.0282. The predicted molar refractivity (Wildman–Crippen MR) is 99.6 cm³/mol. The Bertz CT molecular complexity index is 819. The molecular weight excluding hydrogens is 351 g/mol. The van der Waals surface area contributed by atoms with E-state index < -0.39 is 11.8 Å². The van der Waals surface area contributed by atoms with Gasteiger partial charge in [-0.25, -0.2) is 4.39 Å². The lowest BCUT2D eigenvalue weighted by molar-refractivity contribution is -0.126. The number of hydrazine groups is 1. The number of nitrogens with one attached hydrogen (secondary N) is 2. The van der Waals surface area contributed by atoms with Crippen molar-refractivity contribution in [3.05, 3.63) is 65.5 Å². The number of ether oxygens (including phenoxy) is 2. The van der Waals surface area contributed by atoms with Gasteiger partial charge in [0, 0.05) is 6.08 Å². The lowest BCUT2D eigenvalue weighted by Gasteiger charge is -2.09. The largest absolute Gasteiger partial charge is 0.493 e. The van der Waals surface area contributed by atoms with Gasteiger partial charge in [-0.1, -0.05) is 18.2 Å². The summed E-state index contributed by atoms with van der Waals surface area (Å²) in [5.74, 6) is -0.0898. The molecule has 27 heavy (non-hydrogen) atoms. The SMILES string of the molecule is CCOc1cc(/C=C/C(=O)NNC(=O)Cc2ccc(F)cc2)ccc1OC. The van der Waals surface area contributed by atoms with Gasteiger partial charge < -0.3 is 9.47 Å². The molecule has 6 nitrogen and oxygen atoms in total. The van der Waals surface area contributed by atoms with Crippen molar-refractivity contribution in [2.75, 3.05) is 13.7 Å². The molecule has 0 fully saturated rings. The highest BCUT2D eigenvalue weighted by molar-refractivity contribution is 5.93. The van der Waals surface area contributed by atoms with E-state index in [9.17, 15) is 14.0 Å². The van der Waals surface area contributed by atoms with Gasteiger partial charge in [-0.3, -0.25) is 20.4 Å². The third-order valence-electron chi connectivity index (χ3n) is 3.52. The van der Waals surface area contributed by atoms with Crippen molar-refractivity contribution in [1.82, 2.24) is 10.9 Å². The van der Waals surface area contributed by atoms with Crippen LogP contribution in [0.25, 0.3) is 6.08 Å². The Kier molecular flexibility index (Phi) is 7.37. The summed E-state index contributed by atoms with van der Waals surface area (Å²) in [5.41, 5.74) is 5.98. The number of halogens is 1. The second-order valence-electron chi connectivity index (χ2n) is 5.52. The molecule has 0 aliphatic rings. The van der Waals surface area contributed by atoms with Gasteiger partial charge in [-0.15, -0.1) is 0 Å². The van der Waals surface area contributed by atoms with Gasteiger partial charge in [-0.2, -0.15) is 0 Å². The van der Waals surface area contributed by atoms with Crippen molar-refractivity contribution in [3.8, 4) is 11.5 Å². The summed E-state index contributed by atoms with van der Waals surface area (Å²) >= 11 is 0. The summed E-state index contributed by atoms with van der Waals surface area (Å²) in [5, 5.41) is 0. The predicted octanol–water partition coefficient (Wildman–Crippen LogP) is 2.64. The molecule has 2 aromatic carbocycles. The molecule has 0 aliphatic carbocycles. The molecule has 0 heterocycles. The van der Waals surface area contributed by atoms with Crippen LogP contribution in [0.4, 0.5) is 4.39 Å². The first-order valence-corrected chi connectivity index (χ1v) is 8.34. The second kappa shape index (κ2) is 9.96. The number of carbonyl (C=O) groups is 2. The number of hydrogen-bond acceptors (Lipinski definition) is 4. The van der Waals surface area contributed by atoms with Crippen molar-refractivity contribution < 1.29 is 23.5 Å². The van der Waals surface area contributed by atoms with Crippen LogP contribution in [0.15, 0.2) is 48.5 Å². The minimum atomic E-state index is -0.490. The molecule has 2 amide bonds. The number of amides is 2. The van der Waals surface area contributed by atoms with Crippen molar-refractivity contribution >= 4 is 17.9 Å². The third-order valence-corrected chi connectivity index (χ3v) is 3.52. The maximum Gasteiger partial charge on any atom is 0.262 e. The van der Waals surface area contributed by atoms with Gasteiger partial charge in [0.15, 0.2) is 11.5 Å². The summed E-state index contributed by atoms with van der Waals surface area (Å²) in [6.45, 7) is 2.36. The van der Waals surface area contributed by atoms with E-state index >= 15 is 0 Å². The van der Waals surface area contributed by atoms with Gasteiger partial charge >= 0.3 is 0 Å². The molecule has 0 bridgehead atoms. The van der Waals surface area contributed by atoms with Crippen molar-refractivity contribution in [1.29, 1.82) is 0 Å². The van der Waals surface area contributed by atoms with Gasteiger partial charge in [-0.05, 0) is 48.4 Å². The fourth-order valence-corrected chi connectivity index (χ4v) is 2.24. The standard InChI is InChI=1S/C20H21FN2O4/c1-3-27-18-12-14(6-10-17(18)26-2)7-11-19(24)22-23-20(25)13-15-4-8-16(21)9-5-15/h4-12H,3,13H2,1-2H3,(H,22,24)(H,23,25)/b11-7+. The van der Waals surface area contributed by atoms with Gasteiger partial charge in [0.1, 0.15) is 5.82 Å². The first kappa shape index (κ1) is 20.0.